The van der Waals surface area contributed by atoms with E-state index in [-0.39, 0.29) is 13.2 Å². The number of ketones is 1. The van der Waals surface area contributed by atoms with E-state index in [4.69, 9.17) is 9.47 Å². The average Bonchev–Trinajstić information content (AvgIpc) is 3.63. The highest BCUT2D eigenvalue weighted by atomic mass is 28.3. The minimum atomic E-state index is -1.33. The zero-order valence-electron chi connectivity index (χ0n) is 25.0. The first kappa shape index (κ1) is 32.2. The average molecular weight is 620 g/mol. The fraction of sp³-hybridized carbons (Fsp3) is 0.367. The van der Waals surface area contributed by atoms with Crippen LogP contribution in [0.4, 0.5) is 4.79 Å². The molecule has 0 spiro atoms. The van der Waals surface area contributed by atoms with Crippen molar-refractivity contribution in [2.75, 3.05) is 6.61 Å². The number of nitrogens with zero attached hydrogens (tertiary/aromatic N) is 6. The molecule has 232 valence electrons. The van der Waals surface area contributed by atoms with Gasteiger partial charge >= 0.3 is 12.1 Å². The lowest BCUT2D eigenvalue weighted by atomic mass is 10.1. The van der Waals surface area contributed by atoms with Crippen molar-refractivity contribution in [3.8, 4) is 11.4 Å². The van der Waals surface area contributed by atoms with Gasteiger partial charge in [-0.2, -0.15) is 4.80 Å². The molecule has 13 nitrogen and oxygen atoms in total. The molecule has 0 bridgehead atoms. The van der Waals surface area contributed by atoms with Crippen molar-refractivity contribution in [2.24, 2.45) is 0 Å². The minimum Gasteiger partial charge on any atom is -0.481 e. The lowest BCUT2D eigenvalue weighted by Crippen LogP contribution is -2.44. The first-order chi connectivity index (χ1) is 21.1. The molecule has 44 heavy (non-hydrogen) atoms. The maximum atomic E-state index is 12.9. The van der Waals surface area contributed by atoms with Crippen molar-refractivity contribution in [3.63, 3.8) is 0 Å². The molecule has 1 atom stereocenters. The van der Waals surface area contributed by atoms with Crippen molar-refractivity contribution < 1.29 is 29.0 Å². The number of benzene rings is 2. The maximum Gasteiger partial charge on any atom is 0.408 e. The van der Waals surface area contributed by atoms with Crippen LogP contribution in [0.3, 0.4) is 0 Å². The number of ether oxygens (including phenoxy) is 2. The molecule has 2 aromatic heterocycles. The van der Waals surface area contributed by atoms with Crippen molar-refractivity contribution in [2.45, 2.75) is 64.5 Å². The van der Waals surface area contributed by atoms with Crippen LogP contribution in [0.2, 0.25) is 25.7 Å². The number of aliphatic carboxylic acids is 1. The Balaban J connectivity index is 1.34. The number of alkyl carbamates (subject to hydrolysis) is 1. The van der Waals surface area contributed by atoms with Gasteiger partial charge in [-0.3, -0.25) is 9.59 Å². The highest BCUT2D eigenvalue weighted by molar-refractivity contribution is 6.76. The summed E-state index contributed by atoms with van der Waals surface area (Å²) in [5, 5.41) is 23.9. The second-order valence-electron chi connectivity index (χ2n) is 11.5. The zero-order valence-corrected chi connectivity index (χ0v) is 26.0. The van der Waals surface area contributed by atoms with E-state index in [1.807, 2.05) is 41.1 Å². The Morgan fingerprint density at radius 1 is 1.05 bits per heavy atom. The number of carboxylic acid groups (broad SMARTS) is 1. The number of Topliss-reactive ketones (excluding diaryl/α,β-unsaturated/α-hetero) is 1. The number of imidazole rings is 1. The van der Waals surface area contributed by atoms with Crippen molar-refractivity contribution >= 4 is 25.9 Å². The number of carbonyl (C=O) groups is 3. The molecule has 1 amide bonds. The molecule has 2 N–H and O–H groups in total. The Kier molecular flexibility index (Phi) is 11.1. The van der Waals surface area contributed by atoms with Gasteiger partial charge in [0.05, 0.1) is 6.42 Å². The molecule has 2 heterocycles. The summed E-state index contributed by atoms with van der Waals surface area (Å²) in [4.78, 5) is 42.1. The number of nitrogens with one attached hydrogen (secondary N) is 1. The van der Waals surface area contributed by atoms with Gasteiger partial charge in [-0.25, -0.2) is 9.78 Å². The van der Waals surface area contributed by atoms with Gasteiger partial charge in [0.25, 0.3) is 0 Å². The smallest absolute Gasteiger partial charge is 0.408 e. The maximum absolute atomic E-state index is 12.9. The Labute approximate surface area is 256 Å². The van der Waals surface area contributed by atoms with Gasteiger partial charge < -0.3 is 24.5 Å². The van der Waals surface area contributed by atoms with Crippen LogP contribution in [-0.4, -0.2) is 73.4 Å². The van der Waals surface area contributed by atoms with E-state index >= 15 is 0 Å². The van der Waals surface area contributed by atoms with Crippen LogP contribution in [0.5, 0.6) is 0 Å². The van der Waals surface area contributed by atoms with Crippen LogP contribution >= 0.6 is 0 Å². The third-order valence-electron chi connectivity index (χ3n) is 6.55. The quantitative estimate of drug-likeness (QED) is 0.139. The van der Waals surface area contributed by atoms with E-state index in [2.05, 4.69) is 45.4 Å². The summed E-state index contributed by atoms with van der Waals surface area (Å²) in [6, 6.07) is 16.5. The van der Waals surface area contributed by atoms with Crippen LogP contribution in [0.1, 0.15) is 23.4 Å². The second kappa shape index (κ2) is 15.2. The summed E-state index contributed by atoms with van der Waals surface area (Å²) in [7, 11) is -1.17. The molecule has 0 saturated heterocycles. The number of carboxylic acids is 1. The first-order valence-corrected chi connectivity index (χ1v) is 17.9. The van der Waals surface area contributed by atoms with Crippen molar-refractivity contribution in [1.82, 2.24) is 35.1 Å². The zero-order chi connectivity index (χ0) is 31.5. The summed E-state index contributed by atoms with van der Waals surface area (Å²) in [6.07, 6.45) is 2.45. The van der Waals surface area contributed by atoms with Gasteiger partial charge in [0.2, 0.25) is 0 Å². The molecule has 4 aromatic rings. The minimum absolute atomic E-state index is 0.0236. The van der Waals surface area contributed by atoms with E-state index in [0.717, 1.165) is 33.4 Å². The Morgan fingerprint density at radius 2 is 1.82 bits per heavy atom. The first-order valence-electron chi connectivity index (χ1n) is 14.2. The normalized spacial score (nSPS) is 12.1. The predicted octanol–water partition coefficient (Wildman–Crippen LogP) is 3.78. The van der Waals surface area contributed by atoms with Crippen LogP contribution in [0.25, 0.3) is 11.4 Å². The molecule has 0 radical (unpaired) electrons. The lowest BCUT2D eigenvalue weighted by molar-refractivity contribution is -0.139. The molecule has 2 aromatic carbocycles. The van der Waals surface area contributed by atoms with Gasteiger partial charge in [-0.05, 0) is 28.5 Å². The van der Waals surface area contributed by atoms with Crippen LogP contribution in [0.15, 0.2) is 67.0 Å². The van der Waals surface area contributed by atoms with Gasteiger partial charge in [-0.15, -0.1) is 10.2 Å². The van der Waals surface area contributed by atoms with E-state index in [1.165, 1.54) is 0 Å². The summed E-state index contributed by atoms with van der Waals surface area (Å²) >= 11 is 0. The van der Waals surface area contributed by atoms with Crippen LogP contribution < -0.4 is 5.32 Å². The molecule has 0 aliphatic heterocycles. The predicted molar refractivity (Wildman–Crippen MR) is 163 cm³/mol. The molecular weight excluding hydrogens is 582 g/mol. The summed E-state index contributed by atoms with van der Waals surface area (Å²) < 4.78 is 13.0. The van der Waals surface area contributed by atoms with Gasteiger partial charge in [0.15, 0.2) is 11.6 Å². The lowest BCUT2D eigenvalue weighted by Gasteiger charge is -2.16. The molecule has 0 saturated carbocycles. The molecule has 4 rings (SSSR count). The van der Waals surface area contributed by atoms with Crippen LogP contribution in [-0.2, 0) is 45.4 Å². The molecule has 0 aliphatic rings. The van der Waals surface area contributed by atoms with E-state index in [0.29, 0.717) is 25.6 Å². The fourth-order valence-electron chi connectivity index (χ4n) is 4.21. The molecular formula is C30H37N7O6Si. The van der Waals surface area contributed by atoms with Crippen molar-refractivity contribution in [3.05, 3.63) is 83.9 Å². The third kappa shape index (κ3) is 10.2. The number of rotatable bonds is 16. The number of hydrogen-bond donors (Lipinski definition) is 2. The third-order valence-corrected chi connectivity index (χ3v) is 8.26. The van der Waals surface area contributed by atoms with E-state index < -0.39 is 38.4 Å². The number of aromatic nitrogens is 6. The summed E-state index contributed by atoms with van der Waals surface area (Å²) in [5.41, 5.74) is 2.57. The van der Waals surface area contributed by atoms with Gasteiger partial charge in [0.1, 0.15) is 31.7 Å². The summed E-state index contributed by atoms with van der Waals surface area (Å²) in [5.74, 6) is -0.703. The Morgan fingerprint density at radius 3 is 2.57 bits per heavy atom. The number of amides is 1. The molecule has 1 unspecified atom stereocenters. The SMILES string of the molecule is C[Si](C)(C)CCOCn1ccnc1-c1cccc(Cc2nnn(CC(=O)C(CC(=O)O)NC(=O)OCc3ccccc3)n2)c1. The Bertz CT molecular complexity index is 1550. The molecule has 0 aliphatic carbocycles. The van der Waals surface area contributed by atoms with E-state index in [1.54, 1.807) is 30.5 Å². The monoisotopic (exact) mass is 619 g/mol. The van der Waals surface area contributed by atoms with Crippen LogP contribution in [0, 0.1) is 0 Å². The standard InChI is InChI=1S/C30H37N7O6Si/c1-44(2,3)15-14-42-21-36-13-12-31-29(36)24-11-7-10-23(16-24)17-27-33-35-37(34-27)19-26(38)25(18-28(39)40)32-30(41)43-20-22-8-5-4-6-9-22/h4-13,16,25H,14-15,17-21H2,1-3H3,(H,32,41)(H,39,40). The molecule has 14 heteroatoms. The largest absolute Gasteiger partial charge is 0.481 e. The van der Waals surface area contributed by atoms with Crippen molar-refractivity contribution in [1.29, 1.82) is 0 Å². The topological polar surface area (TPSA) is 163 Å². The number of tetrazole rings is 1. The Hall–Kier alpha value is -4.69. The van der Waals surface area contributed by atoms with Gasteiger partial charge in [-0.1, -0.05) is 68.2 Å². The second-order valence-corrected chi connectivity index (χ2v) is 17.1. The summed E-state index contributed by atoms with van der Waals surface area (Å²) in [6.45, 7) is 7.67. The highest BCUT2D eigenvalue weighted by Gasteiger charge is 2.25. The highest BCUT2D eigenvalue weighted by Crippen LogP contribution is 2.20. The number of hydrogen-bond acceptors (Lipinski definition) is 9. The number of carbonyl (C=O) groups excluding carboxylic acids is 2. The fourth-order valence-corrected chi connectivity index (χ4v) is 4.97. The van der Waals surface area contributed by atoms with E-state index in [9.17, 15) is 19.5 Å². The van der Waals surface area contributed by atoms with Gasteiger partial charge in [0, 0.05) is 39.1 Å². The molecule has 0 fully saturated rings.